The standard InChI is InChI=1S/C22H31N5O2/c1-4-25(5-2)22(29)20-16-27(24-23-20)15-18-10-8-12-26(14-18)21(28)13-19-11-7-6-9-17(19)3/h6-7,9,11,16,18H,4-5,8,10,12-15H2,1-3H3/t18-/m0/s1. The molecule has 7 heteroatoms. The number of carbonyl (C=O) groups excluding carboxylic acids is 2. The van der Waals surface area contributed by atoms with Gasteiger partial charge in [0.25, 0.3) is 5.91 Å². The molecule has 0 saturated carbocycles. The first kappa shape index (κ1) is 21.0. The molecule has 7 nitrogen and oxygen atoms in total. The Morgan fingerprint density at radius 1 is 1.21 bits per heavy atom. The molecular weight excluding hydrogens is 366 g/mol. The second-order valence-corrected chi connectivity index (χ2v) is 7.75. The molecule has 1 aromatic heterocycles. The van der Waals surface area contributed by atoms with Crippen molar-refractivity contribution in [2.24, 2.45) is 5.92 Å². The molecule has 29 heavy (non-hydrogen) atoms. The first-order valence-corrected chi connectivity index (χ1v) is 10.5. The van der Waals surface area contributed by atoms with Crippen molar-refractivity contribution in [3.05, 3.63) is 47.3 Å². The Morgan fingerprint density at radius 2 is 1.97 bits per heavy atom. The van der Waals surface area contributed by atoms with E-state index in [-0.39, 0.29) is 11.8 Å². The quantitative estimate of drug-likeness (QED) is 0.720. The van der Waals surface area contributed by atoms with Crippen molar-refractivity contribution in [2.45, 2.75) is 46.6 Å². The van der Waals surface area contributed by atoms with Crippen LogP contribution in [0.1, 0.15) is 48.3 Å². The summed E-state index contributed by atoms with van der Waals surface area (Å²) in [6, 6.07) is 8.05. The highest BCUT2D eigenvalue weighted by atomic mass is 16.2. The van der Waals surface area contributed by atoms with Crippen LogP contribution in [0, 0.1) is 12.8 Å². The SMILES string of the molecule is CCN(CC)C(=O)c1cn(C[C@H]2CCCN(C(=O)Cc3ccccc3C)C2)nn1. The van der Waals surface area contributed by atoms with Crippen molar-refractivity contribution >= 4 is 11.8 Å². The molecule has 0 N–H and O–H groups in total. The molecule has 156 valence electrons. The Bertz CT molecular complexity index is 843. The summed E-state index contributed by atoms with van der Waals surface area (Å²) >= 11 is 0. The molecule has 1 aromatic carbocycles. The summed E-state index contributed by atoms with van der Waals surface area (Å²) in [7, 11) is 0. The summed E-state index contributed by atoms with van der Waals surface area (Å²) in [5, 5.41) is 8.21. The average molecular weight is 398 g/mol. The maximum Gasteiger partial charge on any atom is 0.276 e. The lowest BCUT2D eigenvalue weighted by Gasteiger charge is -2.33. The van der Waals surface area contributed by atoms with Crippen LogP contribution in [0.15, 0.2) is 30.5 Å². The van der Waals surface area contributed by atoms with Crippen LogP contribution in [0.3, 0.4) is 0 Å². The highest BCUT2D eigenvalue weighted by Crippen LogP contribution is 2.20. The van der Waals surface area contributed by atoms with E-state index in [9.17, 15) is 9.59 Å². The number of likely N-dealkylation sites (tertiary alicyclic amines) is 1. The molecule has 0 unspecified atom stereocenters. The smallest absolute Gasteiger partial charge is 0.276 e. The van der Waals surface area contributed by atoms with Gasteiger partial charge in [0, 0.05) is 32.7 Å². The van der Waals surface area contributed by atoms with Gasteiger partial charge < -0.3 is 9.80 Å². The van der Waals surface area contributed by atoms with Gasteiger partial charge in [0.1, 0.15) is 0 Å². The van der Waals surface area contributed by atoms with Gasteiger partial charge in [0.2, 0.25) is 5.91 Å². The van der Waals surface area contributed by atoms with Gasteiger partial charge in [-0.1, -0.05) is 29.5 Å². The van der Waals surface area contributed by atoms with E-state index in [2.05, 4.69) is 10.3 Å². The van der Waals surface area contributed by atoms with Crippen LogP contribution >= 0.6 is 0 Å². The fourth-order valence-electron chi connectivity index (χ4n) is 3.95. The summed E-state index contributed by atoms with van der Waals surface area (Å²) in [5.41, 5.74) is 2.63. The molecule has 0 aliphatic carbocycles. The first-order valence-electron chi connectivity index (χ1n) is 10.5. The van der Waals surface area contributed by atoms with Crippen molar-refractivity contribution in [3.8, 4) is 0 Å². The second-order valence-electron chi connectivity index (χ2n) is 7.75. The van der Waals surface area contributed by atoms with Gasteiger partial charge in [-0.25, -0.2) is 0 Å². The van der Waals surface area contributed by atoms with E-state index >= 15 is 0 Å². The monoisotopic (exact) mass is 397 g/mol. The van der Waals surface area contributed by atoms with Crippen LogP contribution in [-0.4, -0.2) is 62.8 Å². The second kappa shape index (κ2) is 9.67. The van der Waals surface area contributed by atoms with Crippen molar-refractivity contribution in [2.75, 3.05) is 26.2 Å². The molecule has 1 aliphatic rings. The van der Waals surface area contributed by atoms with E-state index in [0.717, 1.165) is 37.1 Å². The fourth-order valence-corrected chi connectivity index (χ4v) is 3.95. The number of aryl methyl sites for hydroxylation is 1. The van der Waals surface area contributed by atoms with Crippen molar-refractivity contribution < 1.29 is 9.59 Å². The Hall–Kier alpha value is -2.70. The first-order chi connectivity index (χ1) is 14.0. The number of amides is 2. The van der Waals surface area contributed by atoms with Crippen LogP contribution in [-0.2, 0) is 17.8 Å². The molecule has 1 atom stereocenters. The largest absolute Gasteiger partial charge is 0.342 e. The summed E-state index contributed by atoms with van der Waals surface area (Å²) < 4.78 is 1.75. The van der Waals surface area contributed by atoms with E-state index in [1.54, 1.807) is 15.8 Å². The molecule has 2 aromatic rings. The van der Waals surface area contributed by atoms with Gasteiger partial charge in [-0.05, 0) is 50.7 Å². The normalized spacial score (nSPS) is 16.7. The van der Waals surface area contributed by atoms with Gasteiger partial charge >= 0.3 is 0 Å². The topological polar surface area (TPSA) is 71.3 Å². The zero-order valence-electron chi connectivity index (χ0n) is 17.7. The van der Waals surface area contributed by atoms with Gasteiger partial charge in [0.05, 0.1) is 12.6 Å². The highest BCUT2D eigenvalue weighted by molar-refractivity contribution is 5.91. The molecule has 0 radical (unpaired) electrons. The third kappa shape index (κ3) is 5.22. The Kier molecular flexibility index (Phi) is 7.01. The van der Waals surface area contributed by atoms with E-state index in [0.29, 0.717) is 37.7 Å². The number of hydrogen-bond acceptors (Lipinski definition) is 4. The minimum atomic E-state index is -0.0834. The number of piperidine rings is 1. The molecule has 0 bridgehead atoms. The number of aromatic nitrogens is 3. The van der Waals surface area contributed by atoms with Gasteiger partial charge in [-0.15, -0.1) is 5.10 Å². The molecule has 3 rings (SSSR count). The van der Waals surface area contributed by atoms with Gasteiger partial charge in [0.15, 0.2) is 5.69 Å². The van der Waals surface area contributed by atoms with Crippen molar-refractivity contribution in [1.82, 2.24) is 24.8 Å². The third-order valence-electron chi connectivity index (χ3n) is 5.73. The maximum absolute atomic E-state index is 12.8. The molecule has 0 spiro atoms. The number of nitrogens with zero attached hydrogens (tertiary/aromatic N) is 5. The number of carbonyl (C=O) groups is 2. The lowest BCUT2D eigenvalue weighted by Crippen LogP contribution is -2.42. The van der Waals surface area contributed by atoms with Crippen LogP contribution in [0.5, 0.6) is 0 Å². The zero-order valence-corrected chi connectivity index (χ0v) is 17.7. The van der Waals surface area contributed by atoms with E-state index in [1.807, 2.05) is 49.9 Å². The minimum absolute atomic E-state index is 0.0834. The summed E-state index contributed by atoms with van der Waals surface area (Å²) in [6.45, 7) is 9.47. The molecule has 2 amide bonds. The predicted molar refractivity (Wildman–Crippen MR) is 111 cm³/mol. The minimum Gasteiger partial charge on any atom is -0.342 e. The Morgan fingerprint density at radius 3 is 2.69 bits per heavy atom. The lowest BCUT2D eigenvalue weighted by molar-refractivity contribution is -0.132. The molecule has 1 fully saturated rings. The molecule has 2 heterocycles. The number of rotatable bonds is 7. The lowest BCUT2D eigenvalue weighted by atomic mass is 9.97. The van der Waals surface area contributed by atoms with E-state index < -0.39 is 0 Å². The van der Waals surface area contributed by atoms with Gasteiger partial charge in [-0.2, -0.15) is 0 Å². The van der Waals surface area contributed by atoms with Crippen LogP contribution in [0.25, 0.3) is 0 Å². The Balaban J connectivity index is 1.58. The van der Waals surface area contributed by atoms with E-state index in [4.69, 9.17) is 0 Å². The fraction of sp³-hybridized carbons (Fsp3) is 0.545. The maximum atomic E-state index is 12.8. The molecular formula is C22H31N5O2. The Labute approximate surface area is 172 Å². The highest BCUT2D eigenvalue weighted by Gasteiger charge is 2.25. The number of hydrogen-bond donors (Lipinski definition) is 0. The molecule has 1 aliphatic heterocycles. The van der Waals surface area contributed by atoms with Crippen LogP contribution in [0.2, 0.25) is 0 Å². The van der Waals surface area contributed by atoms with Gasteiger partial charge in [-0.3, -0.25) is 14.3 Å². The van der Waals surface area contributed by atoms with Crippen molar-refractivity contribution in [1.29, 1.82) is 0 Å². The zero-order chi connectivity index (χ0) is 20.8. The summed E-state index contributed by atoms with van der Waals surface area (Å²) in [6.07, 6.45) is 4.22. The third-order valence-corrected chi connectivity index (χ3v) is 5.73. The van der Waals surface area contributed by atoms with Crippen LogP contribution in [0.4, 0.5) is 0 Å². The summed E-state index contributed by atoms with van der Waals surface area (Å²) in [4.78, 5) is 28.9. The van der Waals surface area contributed by atoms with Crippen molar-refractivity contribution in [3.63, 3.8) is 0 Å². The summed E-state index contributed by atoms with van der Waals surface area (Å²) in [5.74, 6) is 0.419. The number of benzene rings is 1. The van der Waals surface area contributed by atoms with Crippen LogP contribution < -0.4 is 0 Å². The predicted octanol–water partition coefficient (Wildman–Crippen LogP) is 2.55. The molecule has 1 saturated heterocycles. The van der Waals surface area contributed by atoms with E-state index in [1.165, 1.54) is 0 Å². The average Bonchev–Trinajstić information content (AvgIpc) is 3.19.